The van der Waals surface area contributed by atoms with Crippen molar-refractivity contribution in [3.8, 4) is 5.75 Å². The van der Waals surface area contributed by atoms with Crippen LogP contribution in [-0.2, 0) is 9.53 Å². The normalized spacial score (nSPS) is 23.4. The molecule has 10 nitrogen and oxygen atoms in total. The minimum absolute atomic E-state index is 0.00785. The zero-order valence-electron chi connectivity index (χ0n) is 22.9. The molecule has 11 heteroatoms. The topological polar surface area (TPSA) is 160 Å². The van der Waals surface area contributed by atoms with Crippen molar-refractivity contribution in [3.05, 3.63) is 28.3 Å². The summed E-state index contributed by atoms with van der Waals surface area (Å²) in [6.45, 7) is 1.62. The van der Waals surface area contributed by atoms with Crippen molar-refractivity contribution < 1.29 is 39.6 Å². The summed E-state index contributed by atoms with van der Waals surface area (Å²) in [5.41, 5.74) is -0.185. The Kier molecular flexibility index (Phi) is 16.2. The number of nitro groups is 1. The van der Waals surface area contributed by atoms with Crippen molar-refractivity contribution in [2.24, 2.45) is 0 Å². The second-order valence-electron chi connectivity index (χ2n) is 10.2. The molecule has 0 bridgehead atoms. The van der Waals surface area contributed by atoms with Gasteiger partial charge in [0.25, 0.3) is 0 Å². The second kappa shape index (κ2) is 18.7. The van der Waals surface area contributed by atoms with Gasteiger partial charge in [0.1, 0.15) is 0 Å². The third-order valence-electron chi connectivity index (χ3n) is 6.98. The molecule has 1 aliphatic rings. The molecule has 2 rings (SSSR count). The monoisotopic (exact) mass is 614 g/mol. The second-order valence-corrected chi connectivity index (χ2v) is 12.7. The van der Waals surface area contributed by atoms with Crippen LogP contribution in [0.15, 0.2) is 18.2 Å². The molecular weight excluding hydrogens is 569 g/mol. The van der Waals surface area contributed by atoms with Gasteiger partial charge >= 0.3 is 212 Å². The summed E-state index contributed by atoms with van der Waals surface area (Å²) in [7, 11) is 0. The summed E-state index contributed by atoms with van der Waals surface area (Å²) in [5, 5.41) is 50.9. The average molecular weight is 615 g/mol. The van der Waals surface area contributed by atoms with Crippen molar-refractivity contribution in [2.75, 3.05) is 6.61 Å². The van der Waals surface area contributed by atoms with E-state index in [0.29, 0.717) is 10.8 Å². The van der Waals surface area contributed by atoms with Crippen LogP contribution in [0.5, 0.6) is 5.75 Å². The molecule has 0 aromatic heterocycles. The number of rotatable bonds is 20. The SMILES string of the molecule is CCCCCCCCCCCCCCCC(=O)[As]c1cc([N+](=O)[O-])ccc1O[C@@H]1O[C@H](CO)[C@@H](O)[C@H](O)[C@H]1O. The number of unbranched alkanes of at least 4 members (excludes halogenated alkanes) is 12. The van der Waals surface area contributed by atoms with Gasteiger partial charge in [-0.2, -0.15) is 0 Å². The van der Waals surface area contributed by atoms with Crippen LogP contribution in [0.25, 0.3) is 0 Å². The van der Waals surface area contributed by atoms with Gasteiger partial charge in [-0.05, 0) is 0 Å². The number of hydrogen-bond acceptors (Lipinski definition) is 9. The quantitative estimate of drug-likeness (QED) is 0.0749. The molecule has 0 spiro atoms. The molecule has 1 aromatic carbocycles. The maximum atomic E-state index is 12.7. The van der Waals surface area contributed by atoms with E-state index < -0.39 is 58.0 Å². The Labute approximate surface area is 237 Å². The number of ether oxygens (including phenoxy) is 2. The average Bonchev–Trinajstić information content (AvgIpc) is 2.92. The Bertz CT molecular complexity index is 869. The molecule has 1 saturated heterocycles. The number of aliphatic hydroxyl groups is 4. The number of nitro benzene ring substituents is 1. The van der Waals surface area contributed by atoms with E-state index in [0.717, 1.165) is 19.3 Å². The predicted molar refractivity (Wildman–Crippen MR) is 148 cm³/mol. The van der Waals surface area contributed by atoms with Crippen molar-refractivity contribution in [2.45, 2.75) is 128 Å². The molecule has 1 aliphatic heterocycles. The van der Waals surface area contributed by atoms with Gasteiger partial charge in [0.05, 0.1) is 0 Å². The first-order valence-corrected chi connectivity index (χ1v) is 16.2. The summed E-state index contributed by atoms with van der Waals surface area (Å²) in [6.07, 6.45) is 8.78. The van der Waals surface area contributed by atoms with E-state index in [1.54, 1.807) is 0 Å². The number of benzene rings is 1. The summed E-state index contributed by atoms with van der Waals surface area (Å²) >= 11 is -1.11. The molecule has 1 radical (unpaired) electrons. The molecule has 0 saturated carbocycles. The molecule has 1 fully saturated rings. The van der Waals surface area contributed by atoms with Gasteiger partial charge in [0, 0.05) is 0 Å². The van der Waals surface area contributed by atoms with Gasteiger partial charge in [0.2, 0.25) is 0 Å². The summed E-state index contributed by atoms with van der Waals surface area (Å²) in [4.78, 5) is 23.5. The van der Waals surface area contributed by atoms with E-state index in [1.807, 2.05) is 0 Å². The van der Waals surface area contributed by atoms with E-state index in [2.05, 4.69) is 6.92 Å². The number of carbonyl (C=O) groups excluding carboxylic acids is 1. The Morgan fingerprint density at radius 1 is 0.923 bits per heavy atom. The molecule has 5 atom stereocenters. The van der Waals surface area contributed by atoms with Gasteiger partial charge in [0.15, 0.2) is 0 Å². The fourth-order valence-corrected chi connectivity index (χ4v) is 6.62. The summed E-state index contributed by atoms with van der Waals surface area (Å²) in [6, 6.07) is 3.85. The standard InChI is InChI=1S/C28H45AsNO9/c1-2-3-4-5-6-7-8-9-10-11-12-13-14-15-24(32)29-21-18-20(30(36)37)16-17-22(21)38-28-27(35)26(34)25(33)23(19-31)39-28/h16-18,23,25-28,31,33-35H,2-15,19H2,1H3/t23-,25-,26+,27-,28-/m1/s1. The fourth-order valence-electron chi connectivity index (χ4n) is 4.58. The molecule has 221 valence electrons. The van der Waals surface area contributed by atoms with Crippen LogP contribution in [0.4, 0.5) is 5.69 Å². The Morgan fingerprint density at radius 3 is 2.03 bits per heavy atom. The summed E-state index contributed by atoms with van der Waals surface area (Å²) < 4.78 is 11.5. The first-order chi connectivity index (χ1) is 18.8. The van der Waals surface area contributed by atoms with Gasteiger partial charge in [-0.15, -0.1) is 0 Å². The van der Waals surface area contributed by atoms with E-state index in [9.17, 15) is 35.3 Å². The van der Waals surface area contributed by atoms with Crippen LogP contribution >= 0.6 is 0 Å². The van der Waals surface area contributed by atoms with E-state index in [-0.39, 0.29) is 16.0 Å². The van der Waals surface area contributed by atoms with Crippen LogP contribution in [-0.4, -0.2) is 83.0 Å². The fraction of sp³-hybridized carbons (Fsp3) is 0.750. The van der Waals surface area contributed by atoms with Crippen LogP contribution in [0, 0.1) is 10.1 Å². The Hall–Kier alpha value is -1.55. The molecule has 0 aliphatic carbocycles. The molecule has 1 aromatic rings. The van der Waals surface area contributed by atoms with E-state index >= 15 is 0 Å². The predicted octanol–water partition coefficient (Wildman–Crippen LogP) is 3.11. The van der Waals surface area contributed by atoms with Gasteiger partial charge < -0.3 is 0 Å². The van der Waals surface area contributed by atoms with Crippen LogP contribution < -0.4 is 9.09 Å². The molecule has 1 heterocycles. The van der Waals surface area contributed by atoms with E-state index in [1.165, 1.54) is 82.4 Å². The molecule has 39 heavy (non-hydrogen) atoms. The number of nitrogens with zero attached hydrogens (tertiary/aromatic N) is 1. The van der Waals surface area contributed by atoms with Crippen LogP contribution in [0.3, 0.4) is 0 Å². The van der Waals surface area contributed by atoms with Gasteiger partial charge in [-0.25, -0.2) is 0 Å². The third kappa shape index (κ3) is 11.8. The first kappa shape index (κ1) is 33.7. The third-order valence-corrected chi connectivity index (χ3v) is 9.22. The van der Waals surface area contributed by atoms with Crippen molar-refractivity contribution in [1.29, 1.82) is 0 Å². The van der Waals surface area contributed by atoms with Crippen LogP contribution in [0.2, 0.25) is 0 Å². The first-order valence-electron chi connectivity index (χ1n) is 14.3. The van der Waals surface area contributed by atoms with Crippen LogP contribution in [0.1, 0.15) is 96.8 Å². The zero-order valence-corrected chi connectivity index (χ0v) is 24.8. The van der Waals surface area contributed by atoms with Gasteiger partial charge in [-0.3, -0.25) is 0 Å². The number of non-ortho nitro benzene ring substituents is 1. The maximum absolute atomic E-state index is 12.7. The van der Waals surface area contributed by atoms with Gasteiger partial charge in [-0.1, -0.05) is 26.2 Å². The van der Waals surface area contributed by atoms with E-state index in [4.69, 9.17) is 9.47 Å². The Morgan fingerprint density at radius 2 is 1.49 bits per heavy atom. The molecule has 0 unspecified atom stereocenters. The molecular formula is C28H45AsNO9. The van der Waals surface area contributed by atoms with Crippen molar-refractivity contribution >= 4 is 30.4 Å². The number of aliphatic hydroxyl groups excluding tert-OH is 4. The number of carbonyl (C=O) groups is 1. The zero-order chi connectivity index (χ0) is 28.6. The molecule has 4 N–H and O–H groups in total. The van der Waals surface area contributed by atoms with Crippen molar-refractivity contribution in [3.63, 3.8) is 0 Å². The minimum atomic E-state index is -1.62. The Balaban J connectivity index is 1.78. The summed E-state index contributed by atoms with van der Waals surface area (Å²) in [5.74, 6) is 0.128. The number of hydrogen-bond donors (Lipinski definition) is 4. The van der Waals surface area contributed by atoms with Crippen molar-refractivity contribution in [1.82, 2.24) is 0 Å². The molecule has 0 amide bonds.